The molecule has 0 saturated heterocycles. The predicted molar refractivity (Wildman–Crippen MR) is 94.9 cm³/mol. The first-order valence-corrected chi connectivity index (χ1v) is 8.11. The lowest BCUT2D eigenvalue weighted by Gasteiger charge is -2.11. The van der Waals surface area contributed by atoms with Crippen LogP contribution in [-0.2, 0) is 20.5 Å². The van der Waals surface area contributed by atoms with Crippen LogP contribution in [0.2, 0.25) is 0 Å². The van der Waals surface area contributed by atoms with Crippen molar-refractivity contribution < 1.29 is 41.8 Å². The van der Waals surface area contributed by atoms with E-state index in [2.05, 4.69) is 5.32 Å². The van der Waals surface area contributed by atoms with E-state index in [9.17, 15) is 27.6 Å². The second-order valence-electron chi connectivity index (χ2n) is 5.60. The van der Waals surface area contributed by atoms with E-state index in [1.807, 2.05) is 0 Å². The van der Waals surface area contributed by atoms with Crippen molar-refractivity contribution in [1.82, 2.24) is 0 Å². The number of halogens is 3. The molecule has 29 heavy (non-hydrogen) atoms. The molecule has 154 valence electrons. The highest BCUT2D eigenvalue weighted by atomic mass is 19.4. The lowest BCUT2D eigenvalue weighted by atomic mass is 10.2. The maximum absolute atomic E-state index is 12.7. The fourth-order valence-corrected chi connectivity index (χ4v) is 2.17. The summed E-state index contributed by atoms with van der Waals surface area (Å²) < 4.78 is 53.0. The number of amides is 1. The van der Waals surface area contributed by atoms with Crippen molar-refractivity contribution in [3.05, 3.63) is 53.6 Å². The summed E-state index contributed by atoms with van der Waals surface area (Å²) in [6.45, 7) is -1.26. The van der Waals surface area contributed by atoms with Gasteiger partial charge in [-0.2, -0.15) is 13.2 Å². The van der Waals surface area contributed by atoms with Crippen LogP contribution in [0.25, 0.3) is 0 Å². The summed E-state index contributed by atoms with van der Waals surface area (Å²) in [6, 6.07) is 8.33. The zero-order valence-corrected chi connectivity index (χ0v) is 15.1. The largest absolute Gasteiger partial charge is 0.493 e. The fourth-order valence-electron chi connectivity index (χ4n) is 2.17. The van der Waals surface area contributed by atoms with Gasteiger partial charge >= 0.3 is 12.1 Å². The van der Waals surface area contributed by atoms with Gasteiger partial charge in [-0.1, -0.05) is 6.07 Å². The minimum atomic E-state index is -4.55. The van der Waals surface area contributed by atoms with Crippen molar-refractivity contribution in [1.29, 1.82) is 0 Å². The van der Waals surface area contributed by atoms with Crippen molar-refractivity contribution in [2.75, 3.05) is 25.6 Å². The molecule has 10 heteroatoms. The maximum atomic E-state index is 12.7. The molecule has 0 bridgehead atoms. The van der Waals surface area contributed by atoms with E-state index >= 15 is 0 Å². The number of carbonyl (C=O) groups excluding carboxylic acids is 3. The number of anilines is 1. The van der Waals surface area contributed by atoms with E-state index in [0.29, 0.717) is 11.8 Å². The lowest BCUT2D eigenvalue weighted by Crippen LogP contribution is -2.24. The molecular weight excluding hydrogens is 395 g/mol. The molecule has 1 amide bonds. The van der Waals surface area contributed by atoms with Crippen LogP contribution in [0.1, 0.15) is 15.9 Å². The Hall–Kier alpha value is -3.56. The second-order valence-corrected chi connectivity index (χ2v) is 5.60. The molecule has 0 spiro atoms. The molecule has 0 heterocycles. The van der Waals surface area contributed by atoms with Crippen LogP contribution >= 0.6 is 0 Å². The summed E-state index contributed by atoms with van der Waals surface area (Å²) >= 11 is 0. The molecule has 7 nitrogen and oxygen atoms in total. The Morgan fingerprint density at radius 3 is 2.48 bits per heavy atom. The monoisotopic (exact) mass is 411 g/mol. The van der Waals surface area contributed by atoms with Crippen LogP contribution < -0.4 is 14.8 Å². The molecule has 0 fully saturated rings. The van der Waals surface area contributed by atoms with E-state index in [0.717, 1.165) is 18.2 Å². The first kappa shape index (κ1) is 21.7. The minimum Gasteiger partial charge on any atom is -0.493 e. The third-order valence-electron chi connectivity index (χ3n) is 3.51. The van der Waals surface area contributed by atoms with Crippen LogP contribution in [0, 0.1) is 0 Å². The van der Waals surface area contributed by atoms with Gasteiger partial charge in [-0.25, -0.2) is 4.79 Å². The summed E-state index contributed by atoms with van der Waals surface area (Å²) in [5, 5.41) is 2.20. The zero-order chi connectivity index (χ0) is 21.4. The van der Waals surface area contributed by atoms with Crippen LogP contribution in [0.4, 0.5) is 18.9 Å². The predicted octanol–water partition coefficient (Wildman–Crippen LogP) is 3.09. The number of ether oxygens (including phenoxy) is 3. The van der Waals surface area contributed by atoms with E-state index in [4.69, 9.17) is 14.2 Å². The topological polar surface area (TPSA) is 90.9 Å². The quantitative estimate of drug-likeness (QED) is 0.530. The van der Waals surface area contributed by atoms with E-state index in [1.54, 1.807) is 0 Å². The molecule has 0 aromatic heterocycles. The number of aldehydes is 1. The highest BCUT2D eigenvalue weighted by molar-refractivity contribution is 5.92. The first-order valence-electron chi connectivity index (χ1n) is 8.11. The van der Waals surface area contributed by atoms with Crippen molar-refractivity contribution in [3.8, 4) is 11.5 Å². The molecule has 0 aliphatic carbocycles. The molecule has 2 aromatic carbocycles. The molecule has 0 aliphatic heterocycles. The summed E-state index contributed by atoms with van der Waals surface area (Å²) in [5.74, 6) is -1.29. The number of carbonyl (C=O) groups is 3. The number of nitrogens with one attached hydrogen (secondary N) is 1. The molecule has 1 N–H and O–H groups in total. The molecule has 0 saturated carbocycles. The van der Waals surface area contributed by atoms with Crippen molar-refractivity contribution >= 4 is 23.9 Å². The number of esters is 1. The van der Waals surface area contributed by atoms with Crippen molar-refractivity contribution in [3.63, 3.8) is 0 Å². The summed E-state index contributed by atoms with van der Waals surface area (Å²) in [7, 11) is 1.35. The third-order valence-corrected chi connectivity index (χ3v) is 3.51. The number of hydrogen-bond acceptors (Lipinski definition) is 6. The van der Waals surface area contributed by atoms with Gasteiger partial charge in [0.15, 0.2) is 24.7 Å². The summed E-state index contributed by atoms with van der Waals surface area (Å²) in [4.78, 5) is 34.2. The Kier molecular flexibility index (Phi) is 7.18. The van der Waals surface area contributed by atoms with Gasteiger partial charge in [0.05, 0.1) is 12.7 Å². The molecule has 2 rings (SSSR count). The van der Waals surface area contributed by atoms with E-state index < -0.39 is 36.8 Å². The van der Waals surface area contributed by atoms with Crippen molar-refractivity contribution in [2.24, 2.45) is 0 Å². The molecular formula is C19H16F3NO6. The maximum Gasteiger partial charge on any atom is 0.416 e. The molecule has 2 aromatic rings. The molecule has 0 radical (unpaired) electrons. The van der Waals surface area contributed by atoms with Gasteiger partial charge in [0.1, 0.15) is 6.29 Å². The van der Waals surface area contributed by atoms with Gasteiger partial charge in [0.2, 0.25) is 0 Å². The van der Waals surface area contributed by atoms with Gasteiger partial charge in [0.25, 0.3) is 5.91 Å². The van der Waals surface area contributed by atoms with Gasteiger partial charge in [-0.3, -0.25) is 9.59 Å². The third kappa shape index (κ3) is 6.52. The number of hydrogen-bond donors (Lipinski definition) is 1. The van der Waals surface area contributed by atoms with Gasteiger partial charge in [-0.05, 0) is 36.4 Å². The minimum absolute atomic E-state index is 0.0860. The second kappa shape index (κ2) is 9.58. The van der Waals surface area contributed by atoms with E-state index in [-0.39, 0.29) is 17.2 Å². The normalized spacial score (nSPS) is 10.8. The first-order chi connectivity index (χ1) is 13.7. The van der Waals surface area contributed by atoms with Crippen LogP contribution in [-0.4, -0.2) is 38.5 Å². The summed E-state index contributed by atoms with van der Waals surface area (Å²) in [6.07, 6.45) is -3.93. The Morgan fingerprint density at radius 2 is 1.83 bits per heavy atom. The average molecular weight is 411 g/mol. The Morgan fingerprint density at radius 1 is 1.07 bits per heavy atom. The van der Waals surface area contributed by atoms with Crippen LogP contribution in [0.5, 0.6) is 11.5 Å². The highest BCUT2D eigenvalue weighted by Crippen LogP contribution is 2.30. The Labute approximate surface area is 163 Å². The molecule has 0 atom stereocenters. The number of methoxy groups -OCH3 is 1. The van der Waals surface area contributed by atoms with Crippen molar-refractivity contribution in [2.45, 2.75) is 6.18 Å². The summed E-state index contributed by atoms with van der Waals surface area (Å²) in [5.41, 5.74) is -0.657. The van der Waals surface area contributed by atoms with Gasteiger partial charge in [-0.15, -0.1) is 0 Å². The number of benzene rings is 2. The number of alkyl halides is 3. The van der Waals surface area contributed by atoms with Gasteiger partial charge < -0.3 is 19.5 Å². The molecule has 0 aliphatic rings. The standard InChI is InChI=1S/C19H16F3NO6/c1-27-16-7-12(9-24)5-6-15(16)28-11-18(26)29-10-17(25)23-14-4-2-3-13(8-14)19(20,21)22/h2-9H,10-11H2,1H3,(H,23,25). The Bertz CT molecular complexity index is 898. The smallest absolute Gasteiger partial charge is 0.416 e. The van der Waals surface area contributed by atoms with Gasteiger partial charge in [0, 0.05) is 11.3 Å². The van der Waals surface area contributed by atoms with Crippen LogP contribution in [0.15, 0.2) is 42.5 Å². The molecule has 0 unspecified atom stereocenters. The average Bonchev–Trinajstić information content (AvgIpc) is 2.70. The Balaban J connectivity index is 1.84. The van der Waals surface area contributed by atoms with E-state index in [1.165, 1.54) is 31.4 Å². The highest BCUT2D eigenvalue weighted by Gasteiger charge is 2.30. The zero-order valence-electron chi connectivity index (χ0n) is 15.1. The van der Waals surface area contributed by atoms with Crippen LogP contribution in [0.3, 0.4) is 0 Å². The fraction of sp³-hybridized carbons (Fsp3) is 0.211. The lowest BCUT2D eigenvalue weighted by molar-refractivity contribution is -0.149. The number of rotatable bonds is 8. The SMILES string of the molecule is COc1cc(C=O)ccc1OCC(=O)OCC(=O)Nc1cccc(C(F)(F)F)c1.